The van der Waals surface area contributed by atoms with Crippen molar-refractivity contribution in [3.8, 4) is 0 Å². The van der Waals surface area contributed by atoms with Crippen molar-refractivity contribution in [1.29, 1.82) is 0 Å². The summed E-state index contributed by atoms with van der Waals surface area (Å²) in [5.41, 5.74) is 4.05. The molecule has 0 aromatic heterocycles. The van der Waals surface area contributed by atoms with Crippen LogP contribution in [-0.4, -0.2) is 19.9 Å². The molecule has 1 rings (SSSR count). The number of nitrogens with two attached hydrogens (primary N) is 1. The zero-order valence-electron chi connectivity index (χ0n) is 12.0. The fourth-order valence-corrected chi connectivity index (χ4v) is 2.89. The SMILES string of the molecule is CCC(C)(C)CNS(=O)(=O)c1c(N)cc([N+](=O)[O-])cc1F. The van der Waals surface area contributed by atoms with E-state index >= 15 is 0 Å². The van der Waals surface area contributed by atoms with Crippen molar-refractivity contribution < 1.29 is 17.7 Å². The maximum Gasteiger partial charge on any atom is 0.274 e. The standard InChI is InChI=1S/C12H18FN3O4S/c1-4-12(2,3)7-15-21(19,20)11-9(13)5-8(16(17)18)6-10(11)14/h5-6,15H,4,7,14H2,1-3H3. The molecule has 9 heteroatoms. The summed E-state index contributed by atoms with van der Waals surface area (Å²) in [6.45, 7) is 5.70. The molecule has 0 heterocycles. The molecule has 1 aromatic rings. The van der Waals surface area contributed by atoms with Gasteiger partial charge in [-0.2, -0.15) is 0 Å². The zero-order chi connectivity index (χ0) is 16.4. The quantitative estimate of drug-likeness (QED) is 0.473. The molecule has 0 saturated heterocycles. The first-order valence-corrected chi connectivity index (χ1v) is 7.71. The lowest BCUT2D eigenvalue weighted by atomic mass is 9.91. The lowest BCUT2D eigenvalue weighted by molar-refractivity contribution is -0.385. The number of rotatable bonds is 6. The van der Waals surface area contributed by atoms with Gasteiger partial charge < -0.3 is 5.73 Å². The minimum atomic E-state index is -4.18. The molecule has 0 bridgehead atoms. The minimum absolute atomic E-state index is 0.0989. The fraction of sp³-hybridized carbons (Fsp3) is 0.500. The van der Waals surface area contributed by atoms with E-state index in [1.54, 1.807) is 0 Å². The first-order chi connectivity index (χ1) is 9.50. The van der Waals surface area contributed by atoms with Crippen LogP contribution >= 0.6 is 0 Å². The number of non-ortho nitro benzene ring substituents is 1. The Hall–Kier alpha value is -1.74. The molecule has 0 unspecified atom stereocenters. The monoisotopic (exact) mass is 319 g/mol. The Morgan fingerprint density at radius 1 is 1.43 bits per heavy atom. The molecular formula is C12H18FN3O4S. The second kappa shape index (κ2) is 5.94. The van der Waals surface area contributed by atoms with Crippen LogP contribution in [0.3, 0.4) is 0 Å². The number of nitrogens with one attached hydrogen (secondary N) is 1. The third kappa shape index (κ3) is 4.11. The number of sulfonamides is 1. The Bertz CT molecular complexity index is 635. The highest BCUT2D eigenvalue weighted by atomic mass is 32.2. The Labute approximate surface area is 122 Å². The minimum Gasteiger partial charge on any atom is -0.397 e. The molecule has 0 aliphatic rings. The number of nitro benzene ring substituents is 1. The number of nitro groups is 1. The Balaban J connectivity index is 3.18. The Morgan fingerprint density at radius 2 is 2.00 bits per heavy atom. The Kier molecular flexibility index (Phi) is 4.90. The molecule has 0 fully saturated rings. The highest BCUT2D eigenvalue weighted by molar-refractivity contribution is 7.89. The van der Waals surface area contributed by atoms with Crippen LogP contribution in [0.4, 0.5) is 15.8 Å². The highest BCUT2D eigenvalue weighted by Gasteiger charge is 2.27. The molecular weight excluding hydrogens is 301 g/mol. The van der Waals surface area contributed by atoms with Crippen molar-refractivity contribution in [3.63, 3.8) is 0 Å². The smallest absolute Gasteiger partial charge is 0.274 e. The van der Waals surface area contributed by atoms with Gasteiger partial charge >= 0.3 is 0 Å². The van der Waals surface area contributed by atoms with Gasteiger partial charge in [-0.25, -0.2) is 17.5 Å². The van der Waals surface area contributed by atoms with Crippen LogP contribution in [0.25, 0.3) is 0 Å². The number of nitrogen functional groups attached to an aromatic ring is 1. The number of hydrogen-bond donors (Lipinski definition) is 2. The van der Waals surface area contributed by atoms with Crippen molar-refractivity contribution in [2.45, 2.75) is 32.1 Å². The summed E-state index contributed by atoms with van der Waals surface area (Å²) < 4.78 is 40.4. The van der Waals surface area contributed by atoms with E-state index in [1.807, 2.05) is 20.8 Å². The van der Waals surface area contributed by atoms with Gasteiger partial charge in [0.05, 0.1) is 16.7 Å². The summed E-state index contributed by atoms with van der Waals surface area (Å²) in [6, 6.07) is 1.36. The number of anilines is 1. The van der Waals surface area contributed by atoms with E-state index in [0.29, 0.717) is 12.5 Å². The van der Waals surface area contributed by atoms with Crippen molar-refractivity contribution >= 4 is 21.4 Å². The van der Waals surface area contributed by atoms with Gasteiger partial charge in [-0.1, -0.05) is 20.8 Å². The van der Waals surface area contributed by atoms with Gasteiger partial charge in [-0.15, -0.1) is 0 Å². The van der Waals surface area contributed by atoms with Crippen LogP contribution < -0.4 is 10.5 Å². The second-order valence-corrected chi connectivity index (χ2v) is 7.15. The topological polar surface area (TPSA) is 115 Å². The maximum absolute atomic E-state index is 13.9. The van der Waals surface area contributed by atoms with Gasteiger partial charge in [0.25, 0.3) is 5.69 Å². The van der Waals surface area contributed by atoms with Gasteiger partial charge in [0.2, 0.25) is 10.0 Å². The molecule has 0 spiro atoms. The van der Waals surface area contributed by atoms with Crippen molar-refractivity contribution in [2.24, 2.45) is 5.41 Å². The van der Waals surface area contributed by atoms with Gasteiger partial charge in [0.1, 0.15) is 4.90 Å². The van der Waals surface area contributed by atoms with E-state index < -0.39 is 37.0 Å². The summed E-state index contributed by atoms with van der Waals surface area (Å²) in [5.74, 6) is -1.25. The van der Waals surface area contributed by atoms with E-state index in [2.05, 4.69) is 4.72 Å². The van der Waals surface area contributed by atoms with Crippen LogP contribution in [0.2, 0.25) is 0 Å². The molecule has 0 radical (unpaired) electrons. The molecule has 7 nitrogen and oxygen atoms in total. The van der Waals surface area contributed by atoms with Crippen LogP contribution in [0.15, 0.2) is 17.0 Å². The second-order valence-electron chi connectivity index (χ2n) is 5.45. The number of benzene rings is 1. The molecule has 0 saturated carbocycles. The molecule has 118 valence electrons. The average Bonchev–Trinajstić information content (AvgIpc) is 2.35. The van der Waals surface area contributed by atoms with E-state index in [9.17, 15) is 22.9 Å². The van der Waals surface area contributed by atoms with Gasteiger partial charge in [0.15, 0.2) is 5.82 Å². The molecule has 0 aliphatic heterocycles. The van der Waals surface area contributed by atoms with Gasteiger partial charge in [-0.05, 0) is 11.8 Å². The van der Waals surface area contributed by atoms with Gasteiger partial charge in [-0.3, -0.25) is 10.1 Å². The molecule has 0 atom stereocenters. The predicted octanol–water partition coefficient (Wildman–Crippen LogP) is 2.03. The van der Waals surface area contributed by atoms with Crippen LogP contribution in [0.1, 0.15) is 27.2 Å². The number of halogens is 1. The first-order valence-electron chi connectivity index (χ1n) is 6.23. The third-order valence-corrected chi connectivity index (χ3v) is 4.73. The van der Waals surface area contributed by atoms with E-state index in [0.717, 1.165) is 6.07 Å². The summed E-state index contributed by atoms with van der Waals surface area (Å²) in [4.78, 5) is 8.97. The third-order valence-electron chi connectivity index (χ3n) is 3.23. The molecule has 21 heavy (non-hydrogen) atoms. The zero-order valence-corrected chi connectivity index (χ0v) is 12.8. The largest absolute Gasteiger partial charge is 0.397 e. The van der Waals surface area contributed by atoms with Crippen LogP contribution in [-0.2, 0) is 10.0 Å². The summed E-state index contributed by atoms with van der Waals surface area (Å²) in [6.07, 6.45) is 0.716. The molecule has 0 aliphatic carbocycles. The maximum atomic E-state index is 13.9. The lowest BCUT2D eigenvalue weighted by Crippen LogP contribution is -2.34. The summed E-state index contributed by atoms with van der Waals surface area (Å²) in [5, 5.41) is 10.6. The van der Waals surface area contributed by atoms with E-state index in [4.69, 9.17) is 5.73 Å². The lowest BCUT2D eigenvalue weighted by Gasteiger charge is -2.23. The normalized spacial score (nSPS) is 12.4. The summed E-state index contributed by atoms with van der Waals surface area (Å²) >= 11 is 0. The Morgan fingerprint density at radius 3 is 2.43 bits per heavy atom. The predicted molar refractivity (Wildman–Crippen MR) is 76.7 cm³/mol. The average molecular weight is 319 g/mol. The van der Waals surface area contributed by atoms with E-state index in [1.165, 1.54) is 0 Å². The molecule has 0 amide bonds. The number of nitrogens with zero attached hydrogens (tertiary/aromatic N) is 1. The van der Waals surface area contributed by atoms with E-state index in [-0.39, 0.29) is 12.0 Å². The summed E-state index contributed by atoms with van der Waals surface area (Å²) in [7, 11) is -4.18. The van der Waals surface area contributed by atoms with Crippen LogP contribution in [0.5, 0.6) is 0 Å². The van der Waals surface area contributed by atoms with Crippen molar-refractivity contribution in [3.05, 3.63) is 28.1 Å². The van der Waals surface area contributed by atoms with Gasteiger partial charge in [0, 0.05) is 12.6 Å². The first kappa shape index (κ1) is 17.3. The van der Waals surface area contributed by atoms with Crippen LogP contribution in [0, 0.1) is 21.3 Å². The molecule has 1 aromatic carbocycles. The highest BCUT2D eigenvalue weighted by Crippen LogP contribution is 2.28. The van der Waals surface area contributed by atoms with Crippen molar-refractivity contribution in [1.82, 2.24) is 4.72 Å². The molecule has 3 N–H and O–H groups in total. The fourth-order valence-electron chi connectivity index (χ4n) is 1.48. The van der Waals surface area contributed by atoms with Crippen molar-refractivity contribution in [2.75, 3.05) is 12.3 Å². The number of hydrogen-bond acceptors (Lipinski definition) is 5.